The van der Waals surface area contributed by atoms with Crippen LogP contribution in [0.15, 0.2) is 0 Å². The van der Waals surface area contributed by atoms with E-state index in [0.717, 1.165) is 0 Å². The van der Waals surface area contributed by atoms with E-state index < -0.39 is 31.0 Å². The molecular weight excluding hydrogens is 153 g/mol. The second-order valence-electron chi connectivity index (χ2n) is 2.70. The fraction of sp³-hybridized carbons (Fsp3) is 1.00. The molecule has 11 heavy (non-hydrogen) atoms. The van der Waals surface area contributed by atoms with Crippen LogP contribution in [-0.2, 0) is 0 Å². The summed E-state index contributed by atoms with van der Waals surface area (Å²) < 4.78 is 12.8. The Balaban J connectivity index is 2.47. The first-order valence-corrected chi connectivity index (χ1v) is 3.51. The number of aliphatic hydroxyl groups excluding tert-OH is 3. The first-order valence-electron chi connectivity index (χ1n) is 3.51. The lowest BCUT2D eigenvalue weighted by molar-refractivity contribution is 0.0272. The quantitative estimate of drug-likeness (QED) is 0.382. The molecule has 4 atom stereocenters. The normalized spacial score (nSPS) is 40.9. The van der Waals surface area contributed by atoms with E-state index in [1.54, 1.807) is 0 Å². The number of nitrogens with one attached hydrogen (secondary N) is 1. The minimum absolute atomic E-state index is 0.128. The molecule has 0 aromatic carbocycles. The lowest BCUT2D eigenvalue weighted by Gasteiger charge is -2.18. The van der Waals surface area contributed by atoms with Gasteiger partial charge in [0.2, 0.25) is 0 Å². The maximum atomic E-state index is 12.8. The Labute approximate surface area is 63.7 Å². The molecule has 0 bridgehead atoms. The second-order valence-corrected chi connectivity index (χ2v) is 2.70. The summed E-state index contributed by atoms with van der Waals surface area (Å²) in [4.78, 5) is 0. The van der Waals surface area contributed by atoms with Gasteiger partial charge in [0.15, 0.2) is 0 Å². The molecule has 1 fully saturated rings. The summed E-state index contributed by atoms with van der Waals surface area (Å²) in [6.45, 7) is -0.367. The van der Waals surface area contributed by atoms with Gasteiger partial charge in [0.05, 0.1) is 24.9 Å². The molecule has 1 heterocycles. The van der Waals surface area contributed by atoms with Crippen LogP contribution in [0.25, 0.3) is 0 Å². The van der Waals surface area contributed by atoms with Crippen molar-refractivity contribution >= 4 is 0 Å². The zero-order chi connectivity index (χ0) is 8.43. The molecule has 5 heteroatoms. The summed E-state index contributed by atoms with van der Waals surface area (Å²) in [5, 5.41) is 28.9. The lowest BCUT2D eigenvalue weighted by atomic mass is 10.1. The van der Waals surface area contributed by atoms with Crippen LogP contribution in [0.2, 0.25) is 0 Å². The Kier molecular flexibility index (Phi) is 2.78. The van der Waals surface area contributed by atoms with Crippen molar-refractivity contribution in [2.45, 2.75) is 24.4 Å². The number of alkyl halides is 1. The van der Waals surface area contributed by atoms with Crippen LogP contribution in [0.3, 0.4) is 0 Å². The molecule has 0 aromatic rings. The lowest BCUT2D eigenvalue weighted by Crippen LogP contribution is -2.43. The number of β-amino-alcohol motifs (C(OH)–C–C–N with tert-alkyl or cyclic N) is 1. The largest absolute Gasteiger partial charge is 0.394 e. The molecule has 1 aliphatic rings. The van der Waals surface area contributed by atoms with Crippen molar-refractivity contribution in [2.75, 3.05) is 13.2 Å². The Morgan fingerprint density at radius 1 is 1.64 bits per heavy atom. The molecule has 0 radical (unpaired) electrons. The first kappa shape index (κ1) is 8.86. The smallest absolute Gasteiger partial charge is 0.145 e. The van der Waals surface area contributed by atoms with E-state index in [1.807, 2.05) is 0 Å². The fourth-order valence-corrected chi connectivity index (χ4v) is 1.18. The van der Waals surface area contributed by atoms with Gasteiger partial charge in [-0.05, 0) is 0 Å². The monoisotopic (exact) mass is 165 g/mol. The highest BCUT2D eigenvalue weighted by atomic mass is 19.1. The van der Waals surface area contributed by atoms with E-state index in [9.17, 15) is 4.39 Å². The first-order chi connectivity index (χ1) is 5.16. The van der Waals surface area contributed by atoms with Gasteiger partial charge in [0.1, 0.15) is 6.17 Å². The summed E-state index contributed by atoms with van der Waals surface area (Å²) in [7, 11) is 0. The Bertz CT molecular complexity index is 135. The van der Waals surface area contributed by atoms with Crippen LogP contribution in [0.1, 0.15) is 0 Å². The predicted molar refractivity (Wildman–Crippen MR) is 35.8 cm³/mol. The number of hydrogen-bond donors (Lipinski definition) is 4. The molecule has 1 rings (SSSR count). The Morgan fingerprint density at radius 3 is 2.64 bits per heavy atom. The van der Waals surface area contributed by atoms with Gasteiger partial charge in [-0.1, -0.05) is 0 Å². The van der Waals surface area contributed by atoms with Crippen molar-refractivity contribution in [3.05, 3.63) is 0 Å². The third-order valence-electron chi connectivity index (χ3n) is 1.87. The van der Waals surface area contributed by atoms with Gasteiger partial charge in [0.25, 0.3) is 0 Å². The SMILES string of the molecule is OC[C@@H](O)[C@@H]1NC[C@H](O)[C@H]1F. The van der Waals surface area contributed by atoms with E-state index in [4.69, 9.17) is 15.3 Å². The van der Waals surface area contributed by atoms with E-state index in [0.29, 0.717) is 0 Å². The van der Waals surface area contributed by atoms with Crippen LogP contribution in [0.5, 0.6) is 0 Å². The summed E-state index contributed by atoms with van der Waals surface area (Å²) in [5.74, 6) is 0. The summed E-state index contributed by atoms with van der Waals surface area (Å²) in [5.41, 5.74) is 0. The number of halogens is 1. The molecule has 0 saturated carbocycles. The van der Waals surface area contributed by atoms with E-state index in [1.165, 1.54) is 0 Å². The highest BCUT2D eigenvalue weighted by Gasteiger charge is 2.38. The predicted octanol–water partition coefficient (Wildman–Crippen LogP) is -1.99. The molecule has 4 nitrogen and oxygen atoms in total. The van der Waals surface area contributed by atoms with Gasteiger partial charge >= 0.3 is 0 Å². The van der Waals surface area contributed by atoms with Crippen molar-refractivity contribution in [3.8, 4) is 0 Å². The van der Waals surface area contributed by atoms with Gasteiger partial charge in [0, 0.05) is 6.54 Å². The van der Waals surface area contributed by atoms with E-state index in [-0.39, 0.29) is 6.54 Å². The zero-order valence-electron chi connectivity index (χ0n) is 5.94. The van der Waals surface area contributed by atoms with E-state index >= 15 is 0 Å². The van der Waals surface area contributed by atoms with Crippen molar-refractivity contribution < 1.29 is 19.7 Å². The minimum Gasteiger partial charge on any atom is -0.394 e. The molecule has 66 valence electrons. The van der Waals surface area contributed by atoms with Gasteiger partial charge in [-0.3, -0.25) is 0 Å². The molecule has 4 N–H and O–H groups in total. The van der Waals surface area contributed by atoms with Crippen molar-refractivity contribution in [2.24, 2.45) is 0 Å². The molecule has 0 unspecified atom stereocenters. The van der Waals surface area contributed by atoms with Gasteiger partial charge in [-0.2, -0.15) is 0 Å². The zero-order valence-corrected chi connectivity index (χ0v) is 5.94. The highest BCUT2D eigenvalue weighted by Crippen LogP contribution is 2.14. The van der Waals surface area contributed by atoms with Crippen LogP contribution in [0, 0.1) is 0 Å². The van der Waals surface area contributed by atoms with Crippen LogP contribution in [-0.4, -0.2) is 52.9 Å². The maximum absolute atomic E-state index is 12.8. The molecule has 1 saturated heterocycles. The number of rotatable bonds is 2. The topological polar surface area (TPSA) is 72.7 Å². The summed E-state index contributed by atoms with van der Waals surface area (Å²) in [6, 6.07) is -0.838. The van der Waals surface area contributed by atoms with Crippen LogP contribution in [0.4, 0.5) is 4.39 Å². The van der Waals surface area contributed by atoms with Gasteiger partial charge < -0.3 is 20.6 Å². The summed E-state index contributed by atoms with van der Waals surface area (Å²) >= 11 is 0. The molecule has 0 aliphatic carbocycles. The molecule has 1 aliphatic heterocycles. The minimum atomic E-state index is -1.49. The van der Waals surface area contributed by atoms with Crippen LogP contribution < -0.4 is 5.32 Å². The number of aliphatic hydroxyl groups is 3. The third kappa shape index (κ3) is 1.67. The Hall–Kier alpha value is -0.230. The van der Waals surface area contributed by atoms with Crippen molar-refractivity contribution in [3.63, 3.8) is 0 Å². The summed E-state index contributed by atoms with van der Waals surface area (Å²) in [6.07, 6.45) is -3.69. The third-order valence-corrected chi connectivity index (χ3v) is 1.87. The standard InChI is InChI=1S/C6H12FNO3/c7-5-3(10)1-8-6(5)4(11)2-9/h3-6,8-11H,1-2H2/t3-,4+,5+,6-/m0/s1. The molecule has 0 amide bonds. The van der Waals surface area contributed by atoms with Gasteiger partial charge in [-0.15, -0.1) is 0 Å². The maximum Gasteiger partial charge on any atom is 0.145 e. The van der Waals surface area contributed by atoms with Gasteiger partial charge in [-0.25, -0.2) is 4.39 Å². The molecule has 0 spiro atoms. The number of hydrogen-bond acceptors (Lipinski definition) is 4. The van der Waals surface area contributed by atoms with Crippen molar-refractivity contribution in [1.82, 2.24) is 5.32 Å². The van der Waals surface area contributed by atoms with Crippen LogP contribution >= 0.6 is 0 Å². The Morgan fingerprint density at radius 2 is 2.27 bits per heavy atom. The molecule has 0 aromatic heterocycles. The average molecular weight is 165 g/mol. The molecular formula is C6H12FNO3. The van der Waals surface area contributed by atoms with E-state index in [2.05, 4.69) is 5.32 Å². The average Bonchev–Trinajstić information content (AvgIpc) is 2.32. The van der Waals surface area contributed by atoms with Crippen molar-refractivity contribution in [1.29, 1.82) is 0 Å². The fourth-order valence-electron chi connectivity index (χ4n) is 1.18. The second kappa shape index (κ2) is 3.44. The highest BCUT2D eigenvalue weighted by molar-refractivity contribution is 4.94.